The van der Waals surface area contributed by atoms with Crippen LogP contribution in [0.2, 0.25) is 0 Å². The SMILES string of the molecule is OC1CCC(CC2(O)CCCCC2)CC1. The number of rotatable bonds is 2. The van der Waals surface area contributed by atoms with E-state index in [0.29, 0.717) is 5.92 Å². The molecule has 0 amide bonds. The molecule has 2 fully saturated rings. The Balaban J connectivity index is 1.80. The fraction of sp³-hybridized carbons (Fsp3) is 1.00. The Hall–Kier alpha value is -0.0800. The van der Waals surface area contributed by atoms with Crippen LogP contribution >= 0.6 is 0 Å². The summed E-state index contributed by atoms with van der Waals surface area (Å²) in [5.74, 6) is 0.663. The van der Waals surface area contributed by atoms with Crippen LogP contribution in [0.1, 0.15) is 64.2 Å². The molecule has 0 aromatic rings. The van der Waals surface area contributed by atoms with E-state index in [1.807, 2.05) is 0 Å². The Morgan fingerprint density at radius 2 is 1.53 bits per heavy atom. The average molecular weight is 212 g/mol. The van der Waals surface area contributed by atoms with E-state index < -0.39 is 0 Å². The molecular weight excluding hydrogens is 188 g/mol. The second-order valence-electron chi connectivity index (χ2n) is 5.66. The van der Waals surface area contributed by atoms with E-state index in [4.69, 9.17) is 0 Å². The molecule has 88 valence electrons. The number of hydrogen-bond donors (Lipinski definition) is 2. The van der Waals surface area contributed by atoms with Gasteiger partial charge in [0.25, 0.3) is 0 Å². The first kappa shape index (κ1) is 11.4. The molecule has 0 bridgehead atoms. The summed E-state index contributed by atoms with van der Waals surface area (Å²) >= 11 is 0. The maximum Gasteiger partial charge on any atom is 0.0650 e. The van der Waals surface area contributed by atoms with E-state index in [2.05, 4.69) is 0 Å². The van der Waals surface area contributed by atoms with Crippen LogP contribution in [0.15, 0.2) is 0 Å². The Bertz CT molecular complexity index is 189. The Morgan fingerprint density at radius 1 is 0.933 bits per heavy atom. The third kappa shape index (κ3) is 3.18. The summed E-state index contributed by atoms with van der Waals surface area (Å²) in [5, 5.41) is 19.9. The highest BCUT2D eigenvalue weighted by Crippen LogP contribution is 2.37. The van der Waals surface area contributed by atoms with Crippen molar-refractivity contribution in [3.63, 3.8) is 0 Å². The van der Waals surface area contributed by atoms with Crippen LogP contribution in [0, 0.1) is 5.92 Å². The zero-order valence-corrected chi connectivity index (χ0v) is 9.62. The fourth-order valence-corrected chi connectivity index (χ4v) is 3.30. The average Bonchev–Trinajstić information content (AvgIpc) is 2.22. The zero-order valence-electron chi connectivity index (χ0n) is 9.62. The van der Waals surface area contributed by atoms with Crippen molar-refractivity contribution >= 4 is 0 Å². The number of hydrogen-bond acceptors (Lipinski definition) is 2. The van der Waals surface area contributed by atoms with Gasteiger partial charge in [-0.3, -0.25) is 0 Å². The first-order valence-corrected chi connectivity index (χ1v) is 6.58. The molecular formula is C13H24O2. The quantitative estimate of drug-likeness (QED) is 0.738. The lowest BCUT2D eigenvalue weighted by Crippen LogP contribution is -2.35. The van der Waals surface area contributed by atoms with Crippen molar-refractivity contribution in [3.05, 3.63) is 0 Å². The Labute approximate surface area is 92.7 Å². The lowest BCUT2D eigenvalue weighted by Gasteiger charge is -2.37. The molecule has 2 nitrogen and oxygen atoms in total. The summed E-state index contributed by atoms with van der Waals surface area (Å²) in [6, 6.07) is 0. The molecule has 2 rings (SSSR count). The third-order valence-electron chi connectivity index (χ3n) is 4.27. The molecule has 0 spiro atoms. The molecule has 0 saturated heterocycles. The van der Waals surface area contributed by atoms with E-state index in [1.54, 1.807) is 0 Å². The van der Waals surface area contributed by atoms with Gasteiger partial charge in [-0.1, -0.05) is 19.3 Å². The lowest BCUT2D eigenvalue weighted by atomic mass is 9.74. The van der Waals surface area contributed by atoms with Crippen LogP contribution in [0.5, 0.6) is 0 Å². The predicted octanol–water partition coefficient (Wildman–Crippen LogP) is 2.62. The van der Waals surface area contributed by atoms with Crippen LogP contribution in [0.4, 0.5) is 0 Å². The van der Waals surface area contributed by atoms with Crippen molar-refractivity contribution in [3.8, 4) is 0 Å². The molecule has 2 N–H and O–H groups in total. The van der Waals surface area contributed by atoms with Crippen molar-refractivity contribution in [2.75, 3.05) is 0 Å². The first-order chi connectivity index (χ1) is 7.18. The van der Waals surface area contributed by atoms with Crippen LogP contribution in [-0.4, -0.2) is 21.9 Å². The summed E-state index contributed by atoms with van der Waals surface area (Å²) in [6.07, 6.45) is 10.7. The van der Waals surface area contributed by atoms with Gasteiger partial charge in [0.2, 0.25) is 0 Å². The molecule has 0 radical (unpaired) electrons. The van der Waals surface area contributed by atoms with Crippen molar-refractivity contribution in [2.45, 2.75) is 75.9 Å². The fourth-order valence-electron chi connectivity index (χ4n) is 3.30. The minimum absolute atomic E-state index is 0.0674. The summed E-state index contributed by atoms with van der Waals surface area (Å²) in [4.78, 5) is 0. The third-order valence-corrected chi connectivity index (χ3v) is 4.27. The Kier molecular flexibility index (Phi) is 3.68. The van der Waals surface area contributed by atoms with Crippen molar-refractivity contribution in [1.29, 1.82) is 0 Å². The minimum atomic E-state index is -0.356. The summed E-state index contributed by atoms with van der Waals surface area (Å²) in [5.41, 5.74) is -0.356. The monoisotopic (exact) mass is 212 g/mol. The molecule has 0 heterocycles. The molecule has 15 heavy (non-hydrogen) atoms. The normalized spacial score (nSPS) is 36.4. The highest BCUT2D eigenvalue weighted by atomic mass is 16.3. The smallest absolute Gasteiger partial charge is 0.0650 e. The highest BCUT2D eigenvalue weighted by molar-refractivity contribution is 4.86. The van der Waals surface area contributed by atoms with E-state index >= 15 is 0 Å². The number of aliphatic hydroxyl groups excluding tert-OH is 1. The van der Waals surface area contributed by atoms with Gasteiger partial charge in [-0.2, -0.15) is 0 Å². The van der Waals surface area contributed by atoms with Gasteiger partial charge in [0.1, 0.15) is 0 Å². The van der Waals surface area contributed by atoms with Crippen molar-refractivity contribution in [1.82, 2.24) is 0 Å². The largest absolute Gasteiger partial charge is 0.393 e. The second-order valence-corrected chi connectivity index (χ2v) is 5.66. The zero-order chi connectivity index (χ0) is 10.7. The maximum atomic E-state index is 10.4. The van der Waals surface area contributed by atoms with Crippen molar-refractivity contribution in [2.24, 2.45) is 5.92 Å². The number of aliphatic hydroxyl groups is 2. The van der Waals surface area contributed by atoms with Crippen LogP contribution in [0.3, 0.4) is 0 Å². The van der Waals surface area contributed by atoms with Gasteiger partial charge in [0.05, 0.1) is 11.7 Å². The van der Waals surface area contributed by atoms with Gasteiger partial charge in [-0.15, -0.1) is 0 Å². The molecule has 0 unspecified atom stereocenters. The van der Waals surface area contributed by atoms with E-state index in [0.717, 1.165) is 44.9 Å². The summed E-state index contributed by atoms with van der Waals surface area (Å²) < 4.78 is 0. The van der Waals surface area contributed by atoms with Crippen LogP contribution in [-0.2, 0) is 0 Å². The molecule has 0 aliphatic heterocycles. The van der Waals surface area contributed by atoms with Crippen LogP contribution in [0.25, 0.3) is 0 Å². The first-order valence-electron chi connectivity index (χ1n) is 6.58. The van der Waals surface area contributed by atoms with Gasteiger partial charge in [-0.05, 0) is 50.9 Å². The van der Waals surface area contributed by atoms with Gasteiger partial charge in [-0.25, -0.2) is 0 Å². The summed E-state index contributed by atoms with van der Waals surface area (Å²) in [6.45, 7) is 0. The van der Waals surface area contributed by atoms with Crippen molar-refractivity contribution < 1.29 is 10.2 Å². The topological polar surface area (TPSA) is 40.5 Å². The molecule has 0 aromatic carbocycles. The molecule has 2 aliphatic carbocycles. The van der Waals surface area contributed by atoms with Gasteiger partial charge in [0, 0.05) is 0 Å². The Morgan fingerprint density at radius 3 is 2.13 bits per heavy atom. The summed E-state index contributed by atoms with van der Waals surface area (Å²) in [7, 11) is 0. The lowest BCUT2D eigenvalue weighted by molar-refractivity contribution is -0.0273. The molecule has 0 atom stereocenters. The molecule has 0 aromatic heterocycles. The standard InChI is InChI=1S/C13H24O2/c14-12-6-4-11(5-7-12)10-13(15)8-2-1-3-9-13/h11-12,14-15H,1-10H2. The van der Waals surface area contributed by atoms with Crippen LogP contribution < -0.4 is 0 Å². The molecule has 2 heteroatoms. The second kappa shape index (κ2) is 4.84. The van der Waals surface area contributed by atoms with E-state index in [9.17, 15) is 10.2 Å². The minimum Gasteiger partial charge on any atom is -0.393 e. The van der Waals surface area contributed by atoms with Gasteiger partial charge < -0.3 is 10.2 Å². The van der Waals surface area contributed by atoms with Gasteiger partial charge in [0.15, 0.2) is 0 Å². The maximum absolute atomic E-state index is 10.4. The predicted molar refractivity (Wildman–Crippen MR) is 60.6 cm³/mol. The molecule has 2 aliphatic rings. The molecule has 2 saturated carbocycles. The highest BCUT2D eigenvalue weighted by Gasteiger charge is 2.33. The van der Waals surface area contributed by atoms with E-state index in [1.165, 1.54) is 19.3 Å². The van der Waals surface area contributed by atoms with E-state index in [-0.39, 0.29) is 11.7 Å². The van der Waals surface area contributed by atoms with Gasteiger partial charge >= 0.3 is 0 Å².